The second-order valence-corrected chi connectivity index (χ2v) is 6.32. The van der Waals surface area contributed by atoms with Crippen molar-refractivity contribution >= 4 is 45.9 Å². The van der Waals surface area contributed by atoms with Crippen LogP contribution in [0, 0.1) is 10.5 Å². The first-order chi connectivity index (χ1) is 9.15. The van der Waals surface area contributed by atoms with E-state index in [2.05, 4.69) is 34.8 Å². The molecule has 98 valence electrons. The highest BCUT2D eigenvalue weighted by atomic mass is 127. The average molecular weight is 383 g/mol. The molecule has 0 heterocycles. The van der Waals surface area contributed by atoms with Gasteiger partial charge in [0.25, 0.3) is 0 Å². The van der Waals surface area contributed by atoms with Crippen molar-refractivity contribution in [2.24, 2.45) is 0 Å². The number of carbonyl (C=O) groups excluding carboxylic acids is 1. The van der Waals surface area contributed by atoms with Gasteiger partial charge in [0.05, 0.1) is 5.75 Å². The Kier molecular flexibility index (Phi) is 5.27. The fourth-order valence-electron chi connectivity index (χ4n) is 1.53. The molecule has 0 saturated heterocycles. The number of hydrogen-bond acceptors (Lipinski definition) is 2. The molecule has 2 aromatic carbocycles. The Balaban J connectivity index is 1.89. The van der Waals surface area contributed by atoms with E-state index in [0.29, 0.717) is 5.75 Å². The predicted octanol–water partition coefficient (Wildman–Crippen LogP) is 4.33. The molecule has 2 nitrogen and oxygen atoms in total. The monoisotopic (exact) mass is 383 g/mol. The summed E-state index contributed by atoms with van der Waals surface area (Å²) in [6.07, 6.45) is 0. The highest BCUT2D eigenvalue weighted by Gasteiger charge is 2.04. The van der Waals surface area contributed by atoms with Crippen LogP contribution in [0.3, 0.4) is 0 Å². The summed E-state index contributed by atoms with van der Waals surface area (Å²) >= 11 is 3.81. The minimum atomic E-state index is 0.0218. The van der Waals surface area contributed by atoms with Crippen LogP contribution >= 0.6 is 34.4 Å². The van der Waals surface area contributed by atoms with Crippen molar-refractivity contribution in [3.05, 3.63) is 57.7 Å². The quantitative estimate of drug-likeness (QED) is 0.629. The molecule has 0 fully saturated rings. The fourth-order valence-corrected chi connectivity index (χ4v) is 2.77. The zero-order chi connectivity index (χ0) is 13.7. The first-order valence-corrected chi connectivity index (χ1v) is 7.95. The van der Waals surface area contributed by atoms with Crippen LogP contribution in [0.1, 0.15) is 5.56 Å². The normalized spacial score (nSPS) is 10.2. The summed E-state index contributed by atoms with van der Waals surface area (Å²) in [6.45, 7) is 2.05. The minimum absolute atomic E-state index is 0.0218. The second-order valence-electron chi connectivity index (χ2n) is 4.11. The lowest BCUT2D eigenvalue weighted by Crippen LogP contribution is -2.14. The summed E-state index contributed by atoms with van der Waals surface area (Å²) in [5.74, 6) is 0.447. The molecule has 0 atom stereocenters. The van der Waals surface area contributed by atoms with E-state index < -0.39 is 0 Å². The molecule has 2 aromatic rings. The third kappa shape index (κ3) is 4.54. The van der Waals surface area contributed by atoms with Gasteiger partial charge in [-0.25, -0.2) is 0 Å². The molecule has 0 spiro atoms. The molecule has 4 heteroatoms. The van der Waals surface area contributed by atoms with E-state index in [-0.39, 0.29) is 5.91 Å². The number of carbonyl (C=O) groups is 1. The van der Waals surface area contributed by atoms with Gasteiger partial charge in [-0.15, -0.1) is 11.8 Å². The molecule has 0 aliphatic rings. The lowest BCUT2D eigenvalue weighted by Gasteiger charge is -2.07. The Morgan fingerprint density at radius 3 is 2.63 bits per heavy atom. The van der Waals surface area contributed by atoms with Gasteiger partial charge in [-0.1, -0.05) is 24.3 Å². The number of anilines is 1. The van der Waals surface area contributed by atoms with E-state index in [4.69, 9.17) is 0 Å². The molecular weight excluding hydrogens is 369 g/mol. The molecule has 0 aromatic heterocycles. The van der Waals surface area contributed by atoms with Crippen molar-refractivity contribution in [1.82, 2.24) is 0 Å². The van der Waals surface area contributed by atoms with Crippen molar-refractivity contribution in [2.75, 3.05) is 11.1 Å². The van der Waals surface area contributed by atoms with E-state index >= 15 is 0 Å². The number of thioether (sulfide) groups is 1. The molecule has 0 unspecified atom stereocenters. The molecular formula is C15H14INOS. The minimum Gasteiger partial charge on any atom is -0.325 e. The van der Waals surface area contributed by atoms with Crippen LogP contribution in [0.2, 0.25) is 0 Å². The predicted molar refractivity (Wildman–Crippen MR) is 89.7 cm³/mol. The first-order valence-electron chi connectivity index (χ1n) is 5.89. The highest BCUT2D eigenvalue weighted by molar-refractivity contribution is 14.1. The van der Waals surface area contributed by atoms with E-state index in [9.17, 15) is 4.79 Å². The Hall–Kier alpha value is -1.01. The Bertz CT molecular complexity index is 572. The van der Waals surface area contributed by atoms with Crippen LogP contribution in [-0.2, 0) is 4.79 Å². The topological polar surface area (TPSA) is 29.1 Å². The first kappa shape index (κ1) is 14.4. The number of rotatable bonds is 4. The Labute approximate surface area is 131 Å². The lowest BCUT2D eigenvalue weighted by molar-refractivity contribution is -0.113. The molecule has 0 bridgehead atoms. The van der Waals surface area contributed by atoms with Crippen LogP contribution in [0.15, 0.2) is 53.4 Å². The third-order valence-electron chi connectivity index (χ3n) is 2.57. The van der Waals surface area contributed by atoms with Crippen LogP contribution in [0.4, 0.5) is 5.69 Å². The van der Waals surface area contributed by atoms with E-state index in [0.717, 1.165) is 14.2 Å². The van der Waals surface area contributed by atoms with Crippen LogP contribution < -0.4 is 5.32 Å². The molecule has 0 aliphatic carbocycles. The average Bonchev–Trinajstić information content (AvgIpc) is 2.42. The van der Waals surface area contributed by atoms with Gasteiger partial charge in [0.1, 0.15) is 0 Å². The highest BCUT2D eigenvalue weighted by Crippen LogP contribution is 2.19. The van der Waals surface area contributed by atoms with Gasteiger partial charge < -0.3 is 5.32 Å². The van der Waals surface area contributed by atoms with Crippen molar-refractivity contribution in [3.8, 4) is 0 Å². The summed E-state index contributed by atoms with van der Waals surface area (Å²) in [5, 5.41) is 2.92. The van der Waals surface area contributed by atoms with Gasteiger partial charge in [-0.2, -0.15) is 0 Å². The third-order valence-corrected chi connectivity index (χ3v) is 4.74. The van der Waals surface area contributed by atoms with Crippen LogP contribution in [-0.4, -0.2) is 11.7 Å². The molecule has 1 amide bonds. The Morgan fingerprint density at radius 1 is 1.21 bits per heavy atom. The zero-order valence-electron chi connectivity index (χ0n) is 10.5. The number of halogens is 1. The summed E-state index contributed by atoms with van der Waals surface area (Å²) in [6, 6.07) is 15.9. The van der Waals surface area contributed by atoms with Crippen molar-refractivity contribution in [3.63, 3.8) is 0 Å². The lowest BCUT2D eigenvalue weighted by atomic mass is 10.2. The van der Waals surface area contributed by atoms with Crippen LogP contribution in [0.25, 0.3) is 0 Å². The summed E-state index contributed by atoms with van der Waals surface area (Å²) in [7, 11) is 0. The number of aryl methyl sites for hydroxylation is 1. The van der Waals surface area contributed by atoms with Gasteiger partial charge in [0.2, 0.25) is 5.91 Å². The van der Waals surface area contributed by atoms with Crippen molar-refractivity contribution < 1.29 is 4.79 Å². The van der Waals surface area contributed by atoms with Crippen LogP contribution in [0.5, 0.6) is 0 Å². The maximum Gasteiger partial charge on any atom is 0.234 e. The Morgan fingerprint density at radius 2 is 1.95 bits per heavy atom. The smallest absolute Gasteiger partial charge is 0.234 e. The maximum atomic E-state index is 11.8. The summed E-state index contributed by atoms with van der Waals surface area (Å²) in [4.78, 5) is 13.0. The SMILES string of the molecule is Cc1ccc(NC(=O)CSc2ccccc2)cc1I. The van der Waals surface area contributed by atoms with E-state index in [1.54, 1.807) is 11.8 Å². The standard InChI is InChI=1S/C15H14INOS/c1-11-7-8-12(9-14(11)16)17-15(18)10-19-13-5-3-2-4-6-13/h2-9H,10H2,1H3,(H,17,18). The van der Waals surface area contributed by atoms with Gasteiger partial charge in [-0.05, 0) is 59.3 Å². The number of nitrogens with one attached hydrogen (secondary N) is 1. The molecule has 19 heavy (non-hydrogen) atoms. The molecule has 2 rings (SSSR count). The summed E-state index contributed by atoms with van der Waals surface area (Å²) < 4.78 is 1.16. The van der Waals surface area contributed by atoms with Gasteiger partial charge in [-0.3, -0.25) is 4.79 Å². The molecule has 0 aliphatic heterocycles. The van der Waals surface area contributed by atoms with E-state index in [1.165, 1.54) is 5.56 Å². The van der Waals surface area contributed by atoms with E-state index in [1.807, 2.05) is 48.5 Å². The van der Waals surface area contributed by atoms with Crippen molar-refractivity contribution in [2.45, 2.75) is 11.8 Å². The second kappa shape index (κ2) is 6.96. The van der Waals surface area contributed by atoms with Gasteiger partial charge in [0.15, 0.2) is 0 Å². The number of hydrogen-bond donors (Lipinski definition) is 1. The maximum absolute atomic E-state index is 11.8. The van der Waals surface area contributed by atoms with Gasteiger partial charge >= 0.3 is 0 Å². The number of amides is 1. The molecule has 0 saturated carbocycles. The fraction of sp³-hybridized carbons (Fsp3) is 0.133. The largest absolute Gasteiger partial charge is 0.325 e. The molecule has 0 radical (unpaired) electrons. The zero-order valence-corrected chi connectivity index (χ0v) is 13.5. The van der Waals surface area contributed by atoms with Gasteiger partial charge in [0, 0.05) is 14.2 Å². The number of benzene rings is 2. The molecule has 1 N–H and O–H groups in total. The van der Waals surface area contributed by atoms with Crippen molar-refractivity contribution in [1.29, 1.82) is 0 Å². The summed E-state index contributed by atoms with van der Waals surface area (Å²) in [5.41, 5.74) is 2.07.